The average molecular weight is 285 g/mol. The zero-order valence-corrected chi connectivity index (χ0v) is 10.6. The second-order valence-electron chi connectivity index (χ2n) is 3.40. The van der Waals surface area contributed by atoms with E-state index in [-0.39, 0.29) is 10.8 Å². The van der Waals surface area contributed by atoms with Gasteiger partial charge in [-0.2, -0.15) is 18.4 Å². The first-order chi connectivity index (χ1) is 8.81. The minimum atomic E-state index is -3.93. The maximum absolute atomic E-state index is 11.6. The summed E-state index contributed by atoms with van der Waals surface area (Å²) in [6, 6.07) is 5.31. The van der Waals surface area contributed by atoms with Crippen LogP contribution in [-0.4, -0.2) is 31.6 Å². The lowest BCUT2D eigenvalue weighted by atomic mass is 10.3. The monoisotopic (exact) mass is 285 g/mol. The molecular weight excluding hydrogens is 274 g/mol. The van der Waals surface area contributed by atoms with Gasteiger partial charge in [-0.05, 0) is 24.3 Å². The highest BCUT2D eigenvalue weighted by Gasteiger charge is 2.12. The summed E-state index contributed by atoms with van der Waals surface area (Å²) in [4.78, 5) is 22.6. The maximum Gasteiger partial charge on any atom is 0.348 e. The smallest absolute Gasteiger partial charge is 0.348 e. The Morgan fingerprint density at radius 2 is 1.84 bits per heavy atom. The molecule has 0 aliphatic heterocycles. The predicted molar refractivity (Wildman–Crippen MR) is 67.2 cm³/mol. The minimum Gasteiger partial charge on any atom is -0.477 e. The largest absolute Gasteiger partial charge is 0.477 e. The molecule has 19 heavy (non-hydrogen) atoms. The van der Waals surface area contributed by atoms with Crippen molar-refractivity contribution in [3.8, 4) is 0 Å². The molecule has 0 aliphatic rings. The Hall–Kier alpha value is -2.42. The molecule has 3 N–H and O–H groups in total. The number of nitrogens with one attached hydrogen (secondary N) is 2. The van der Waals surface area contributed by atoms with E-state index in [0.717, 1.165) is 0 Å². The van der Waals surface area contributed by atoms with Crippen LogP contribution in [0.3, 0.4) is 0 Å². The van der Waals surface area contributed by atoms with E-state index in [2.05, 4.69) is 10.4 Å². The van der Waals surface area contributed by atoms with Crippen LogP contribution in [0.2, 0.25) is 0 Å². The lowest BCUT2D eigenvalue weighted by Gasteiger charge is -2.05. The summed E-state index contributed by atoms with van der Waals surface area (Å²) >= 11 is 0. The number of carboxylic acid groups (broad SMARTS) is 1. The Balaban J connectivity index is 2.84. The molecule has 0 saturated carbocycles. The fourth-order valence-corrected chi connectivity index (χ4v) is 1.92. The number of rotatable bonds is 5. The summed E-state index contributed by atoms with van der Waals surface area (Å²) in [6.45, 7) is 1.33. The second-order valence-corrected chi connectivity index (χ2v) is 5.06. The number of carbonyl (C=O) groups excluding carboxylic acids is 1. The number of carbonyl (C=O) groups is 2. The van der Waals surface area contributed by atoms with Crippen molar-refractivity contribution in [2.24, 2.45) is 5.10 Å². The van der Waals surface area contributed by atoms with E-state index < -0.39 is 16.0 Å². The number of carboxylic acids is 1. The van der Waals surface area contributed by atoms with Crippen LogP contribution < -0.4 is 10.1 Å². The standard InChI is InChI=1S/C10H11N3O5S/c1-7(14)12-8-2-4-9(5-3-8)19(17,18)13-11-6-10(15)16/h2-6,13H,1H3,(H,12,14)(H,15,16)/b11-6-. The molecule has 0 spiro atoms. The van der Waals surface area contributed by atoms with Gasteiger partial charge in [0.1, 0.15) is 6.21 Å². The Bertz CT molecular complexity index is 607. The van der Waals surface area contributed by atoms with Crippen LogP contribution in [0.1, 0.15) is 6.92 Å². The number of sulfonamides is 1. The molecule has 102 valence electrons. The Morgan fingerprint density at radius 1 is 1.26 bits per heavy atom. The van der Waals surface area contributed by atoms with Crippen molar-refractivity contribution in [2.75, 3.05) is 5.32 Å². The van der Waals surface area contributed by atoms with Crippen LogP contribution in [-0.2, 0) is 19.6 Å². The van der Waals surface area contributed by atoms with E-state index in [1.807, 2.05) is 0 Å². The first kappa shape index (κ1) is 14.6. The number of hydrazone groups is 1. The number of aliphatic carboxylic acids is 1. The van der Waals surface area contributed by atoms with Crippen LogP contribution in [0.5, 0.6) is 0 Å². The van der Waals surface area contributed by atoms with Gasteiger partial charge in [0.15, 0.2) is 0 Å². The minimum absolute atomic E-state index is 0.107. The van der Waals surface area contributed by atoms with Crippen molar-refractivity contribution in [1.82, 2.24) is 4.83 Å². The lowest BCUT2D eigenvalue weighted by molar-refractivity contribution is -0.128. The van der Waals surface area contributed by atoms with Crippen molar-refractivity contribution in [3.63, 3.8) is 0 Å². The number of benzene rings is 1. The molecule has 0 radical (unpaired) electrons. The molecule has 1 aromatic carbocycles. The van der Waals surface area contributed by atoms with Crippen molar-refractivity contribution < 1.29 is 23.1 Å². The van der Waals surface area contributed by atoms with Gasteiger partial charge in [-0.15, -0.1) is 0 Å². The molecule has 0 saturated heterocycles. The Kier molecular flexibility index (Phi) is 4.59. The van der Waals surface area contributed by atoms with Gasteiger partial charge in [0.25, 0.3) is 10.0 Å². The van der Waals surface area contributed by atoms with Crippen molar-refractivity contribution in [1.29, 1.82) is 0 Å². The first-order valence-corrected chi connectivity index (χ1v) is 6.45. The van der Waals surface area contributed by atoms with Gasteiger partial charge in [-0.3, -0.25) is 4.79 Å². The zero-order chi connectivity index (χ0) is 14.5. The lowest BCUT2D eigenvalue weighted by Crippen LogP contribution is -2.19. The van der Waals surface area contributed by atoms with Gasteiger partial charge in [0.05, 0.1) is 4.90 Å². The van der Waals surface area contributed by atoms with Gasteiger partial charge in [0.2, 0.25) is 5.91 Å². The van der Waals surface area contributed by atoms with Gasteiger partial charge in [0, 0.05) is 12.6 Å². The highest BCUT2D eigenvalue weighted by molar-refractivity contribution is 7.89. The van der Waals surface area contributed by atoms with Crippen LogP contribution in [0.4, 0.5) is 5.69 Å². The van der Waals surface area contributed by atoms with E-state index in [1.54, 1.807) is 4.83 Å². The number of hydrogen-bond donors (Lipinski definition) is 3. The fraction of sp³-hybridized carbons (Fsp3) is 0.100. The van der Waals surface area contributed by atoms with Gasteiger partial charge in [-0.25, -0.2) is 4.79 Å². The molecule has 1 amide bonds. The van der Waals surface area contributed by atoms with Crippen molar-refractivity contribution >= 4 is 33.8 Å². The number of anilines is 1. The maximum atomic E-state index is 11.6. The molecule has 0 aliphatic carbocycles. The third-order valence-corrected chi connectivity index (χ3v) is 3.07. The summed E-state index contributed by atoms with van der Waals surface area (Å²) in [6.07, 6.45) is 0.420. The molecule has 0 bridgehead atoms. The summed E-state index contributed by atoms with van der Waals surface area (Å²) in [7, 11) is -3.93. The third-order valence-electron chi connectivity index (χ3n) is 1.83. The van der Waals surface area contributed by atoms with E-state index in [0.29, 0.717) is 11.9 Å². The van der Waals surface area contributed by atoms with E-state index >= 15 is 0 Å². The molecule has 8 nitrogen and oxygen atoms in total. The molecule has 0 heterocycles. The van der Waals surface area contributed by atoms with Gasteiger partial charge in [-0.1, -0.05) is 0 Å². The molecule has 9 heteroatoms. The molecule has 0 aromatic heterocycles. The summed E-state index contributed by atoms with van der Waals surface area (Å²) in [5, 5.41) is 13.8. The summed E-state index contributed by atoms with van der Waals surface area (Å²) < 4.78 is 23.3. The number of hydrogen-bond acceptors (Lipinski definition) is 5. The number of nitrogens with zero attached hydrogens (tertiary/aromatic N) is 1. The van der Waals surface area contributed by atoms with Crippen LogP contribution in [0.25, 0.3) is 0 Å². The molecule has 0 unspecified atom stereocenters. The second kappa shape index (κ2) is 5.96. The molecule has 0 fully saturated rings. The van der Waals surface area contributed by atoms with Gasteiger partial charge < -0.3 is 10.4 Å². The predicted octanol–water partition coefficient (Wildman–Crippen LogP) is -0.00630. The molecule has 0 atom stereocenters. The fourth-order valence-electron chi connectivity index (χ4n) is 1.12. The molecular formula is C10H11N3O5S. The summed E-state index contributed by atoms with van der Waals surface area (Å²) in [5.74, 6) is -1.65. The summed E-state index contributed by atoms with van der Waals surface area (Å²) in [5.41, 5.74) is 0.445. The average Bonchev–Trinajstić information content (AvgIpc) is 2.28. The highest BCUT2D eigenvalue weighted by atomic mass is 32.2. The topological polar surface area (TPSA) is 125 Å². The SMILES string of the molecule is CC(=O)Nc1ccc(S(=O)(=O)N/N=C\C(=O)O)cc1. The molecule has 1 aromatic rings. The van der Waals surface area contributed by atoms with Crippen LogP contribution >= 0.6 is 0 Å². The Labute approximate surface area is 109 Å². The number of amides is 1. The molecule has 1 rings (SSSR count). The highest BCUT2D eigenvalue weighted by Crippen LogP contribution is 2.13. The van der Waals surface area contributed by atoms with Crippen LogP contribution in [0, 0.1) is 0 Å². The van der Waals surface area contributed by atoms with Crippen molar-refractivity contribution in [3.05, 3.63) is 24.3 Å². The Morgan fingerprint density at radius 3 is 2.32 bits per heavy atom. The quantitative estimate of drug-likeness (QED) is 0.518. The zero-order valence-electron chi connectivity index (χ0n) is 9.82. The van der Waals surface area contributed by atoms with Crippen molar-refractivity contribution in [2.45, 2.75) is 11.8 Å². The van der Waals surface area contributed by atoms with E-state index in [4.69, 9.17) is 5.11 Å². The normalized spacial score (nSPS) is 11.2. The van der Waals surface area contributed by atoms with Crippen LogP contribution in [0.15, 0.2) is 34.3 Å². The first-order valence-electron chi connectivity index (χ1n) is 4.97. The van der Waals surface area contributed by atoms with E-state index in [1.165, 1.54) is 31.2 Å². The van der Waals surface area contributed by atoms with Gasteiger partial charge >= 0.3 is 5.97 Å². The van der Waals surface area contributed by atoms with E-state index in [9.17, 15) is 18.0 Å². The third kappa shape index (κ3) is 4.76.